The van der Waals surface area contributed by atoms with Crippen LogP contribution in [0.1, 0.15) is 63.8 Å². The molecule has 5 nitrogen and oxygen atoms in total. The summed E-state index contributed by atoms with van der Waals surface area (Å²) in [5, 5.41) is 0. The molecule has 25 heavy (non-hydrogen) atoms. The molecular formula is C20H30N4O. The standard InChI is InChI=1S/C20H30N4O/c25-20-22-18-14-21-11-8-19(18)24(20)17-9-12-23(13-10-17)15-16-6-4-2-1-3-5-7-16/h8,11,14,16-17H,1-7,9-10,12-13,15H2,(H,22,25). The summed E-state index contributed by atoms with van der Waals surface area (Å²) in [7, 11) is 0. The summed E-state index contributed by atoms with van der Waals surface area (Å²) in [5.74, 6) is 0.888. The molecule has 0 spiro atoms. The molecule has 0 unspecified atom stereocenters. The number of imidazole rings is 1. The van der Waals surface area contributed by atoms with Gasteiger partial charge in [0, 0.05) is 31.9 Å². The topological polar surface area (TPSA) is 53.9 Å². The molecule has 0 bridgehead atoms. The van der Waals surface area contributed by atoms with Crippen LogP contribution in [0.4, 0.5) is 0 Å². The molecule has 0 radical (unpaired) electrons. The molecule has 2 fully saturated rings. The molecule has 5 heteroatoms. The van der Waals surface area contributed by atoms with E-state index in [4.69, 9.17) is 0 Å². The van der Waals surface area contributed by atoms with E-state index in [1.165, 1.54) is 51.5 Å². The number of hydrogen-bond donors (Lipinski definition) is 1. The lowest BCUT2D eigenvalue weighted by atomic mass is 9.90. The number of fused-ring (bicyclic) bond motifs is 1. The SMILES string of the molecule is O=c1[nH]c2cnccc2n1C1CCN(CC2CCCCCCC2)CC1. The van der Waals surface area contributed by atoms with Crippen molar-refractivity contribution >= 4 is 11.0 Å². The largest absolute Gasteiger partial charge is 0.326 e. The van der Waals surface area contributed by atoms with Crippen molar-refractivity contribution in [3.8, 4) is 0 Å². The second-order valence-corrected chi connectivity index (χ2v) is 7.94. The molecular weight excluding hydrogens is 312 g/mol. The van der Waals surface area contributed by atoms with Crippen molar-refractivity contribution in [3.63, 3.8) is 0 Å². The average molecular weight is 342 g/mol. The molecule has 3 heterocycles. The summed E-state index contributed by atoms with van der Waals surface area (Å²) in [6, 6.07) is 2.27. The van der Waals surface area contributed by atoms with Gasteiger partial charge in [0.05, 0.1) is 17.2 Å². The Morgan fingerprint density at radius 1 is 1.04 bits per heavy atom. The first-order valence-corrected chi connectivity index (χ1v) is 10.1. The lowest BCUT2D eigenvalue weighted by Crippen LogP contribution is -2.39. The van der Waals surface area contributed by atoms with E-state index in [-0.39, 0.29) is 5.69 Å². The Morgan fingerprint density at radius 2 is 1.76 bits per heavy atom. The van der Waals surface area contributed by atoms with Gasteiger partial charge in [-0.2, -0.15) is 0 Å². The third kappa shape index (κ3) is 3.81. The second-order valence-electron chi connectivity index (χ2n) is 7.94. The fourth-order valence-corrected chi connectivity index (χ4v) is 4.79. The molecule has 4 rings (SSSR count). The van der Waals surface area contributed by atoms with Crippen LogP contribution >= 0.6 is 0 Å². The number of aromatic nitrogens is 3. The second kappa shape index (κ2) is 7.73. The number of rotatable bonds is 3. The average Bonchev–Trinajstić information content (AvgIpc) is 2.94. The van der Waals surface area contributed by atoms with Crippen LogP contribution in [0.15, 0.2) is 23.3 Å². The Hall–Kier alpha value is -1.62. The predicted molar refractivity (Wildman–Crippen MR) is 101 cm³/mol. The van der Waals surface area contributed by atoms with E-state index >= 15 is 0 Å². The van der Waals surface area contributed by atoms with Crippen LogP contribution in [-0.2, 0) is 0 Å². The molecule has 2 aromatic heterocycles. The van der Waals surface area contributed by atoms with Crippen molar-refractivity contribution < 1.29 is 0 Å². The van der Waals surface area contributed by atoms with Crippen molar-refractivity contribution in [3.05, 3.63) is 28.9 Å². The van der Waals surface area contributed by atoms with Crippen molar-refractivity contribution in [1.82, 2.24) is 19.4 Å². The van der Waals surface area contributed by atoms with Crippen LogP contribution in [0.3, 0.4) is 0 Å². The van der Waals surface area contributed by atoms with Gasteiger partial charge in [0.15, 0.2) is 0 Å². The molecule has 0 aromatic carbocycles. The molecule has 1 aliphatic carbocycles. The zero-order valence-electron chi connectivity index (χ0n) is 15.1. The fraction of sp³-hybridized carbons (Fsp3) is 0.700. The quantitative estimate of drug-likeness (QED) is 0.925. The van der Waals surface area contributed by atoms with Crippen molar-refractivity contribution in [2.75, 3.05) is 19.6 Å². The van der Waals surface area contributed by atoms with Crippen LogP contribution in [0, 0.1) is 5.92 Å². The van der Waals surface area contributed by atoms with Gasteiger partial charge in [-0.3, -0.25) is 9.55 Å². The maximum Gasteiger partial charge on any atom is 0.326 e. The van der Waals surface area contributed by atoms with E-state index in [2.05, 4.69) is 14.9 Å². The summed E-state index contributed by atoms with van der Waals surface area (Å²) in [4.78, 5) is 22.1. The minimum Gasteiger partial charge on any atom is -0.304 e. The minimum atomic E-state index is 0.0152. The Balaban J connectivity index is 1.38. The number of piperidine rings is 1. The van der Waals surface area contributed by atoms with Crippen molar-refractivity contribution in [1.29, 1.82) is 0 Å². The molecule has 1 N–H and O–H groups in total. The van der Waals surface area contributed by atoms with Gasteiger partial charge in [-0.05, 0) is 37.7 Å². The van der Waals surface area contributed by atoms with E-state index in [1.807, 2.05) is 10.6 Å². The van der Waals surface area contributed by atoms with Crippen molar-refractivity contribution in [2.45, 2.75) is 63.8 Å². The molecule has 1 saturated heterocycles. The molecule has 0 amide bonds. The number of nitrogens with zero attached hydrogens (tertiary/aromatic N) is 3. The van der Waals surface area contributed by atoms with Gasteiger partial charge >= 0.3 is 5.69 Å². The lowest BCUT2D eigenvalue weighted by molar-refractivity contribution is 0.152. The maximum atomic E-state index is 12.4. The molecule has 2 aromatic rings. The third-order valence-electron chi connectivity index (χ3n) is 6.18. The number of H-pyrrole nitrogens is 1. The number of pyridine rings is 1. The van der Waals surface area contributed by atoms with Gasteiger partial charge in [0.25, 0.3) is 0 Å². The Morgan fingerprint density at radius 3 is 2.52 bits per heavy atom. The van der Waals surface area contributed by atoms with Crippen LogP contribution in [0.5, 0.6) is 0 Å². The van der Waals surface area contributed by atoms with Gasteiger partial charge in [0.2, 0.25) is 0 Å². The van der Waals surface area contributed by atoms with Crippen LogP contribution in [0.25, 0.3) is 11.0 Å². The van der Waals surface area contributed by atoms with E-state index < -0.39 is 0 Å². The van der Waals surface area contributed by atoms with E-state index in [0.717, 1.165) is 42.9 Å². The van der Waals surface area contributed by atoms with Crippen LogP contribution in [0.2, 0.25) is 0 Å². The van der Waals surface area contributed by atoms with E-state index in [1.54, 1.807) is 12.4 Å². The molecule has 136 valence electrons. The van der Waals surface area contributed by atoms with Gasteiger partial charge in [0.1, 0.15) is 0 Å². The highest BCUT2D eigenvalue weighted by atomic mass is 16.1. The summed E-state index contributed by atoms with van der Waals surface area (Å²) >= 11 is 0. The summed E-state index contributed by atoms with van der Waals surface area (Å²) in [5.41, 5.74) is 1.87. The van der Waals surface area contributed by atoms with Gasteiger partial charge in [-0.1, -0.05) is 32.1 Å². The fourth-order valence-electron chi connectivity index (χ4n) is 4.79. The normalized spacial score (nSPS) is 22.1. The minimum absolute atomic E-state index is 0.0152. The van der Waals surface area contributed by atoms with E-state index in [9.17, 15) is 4.79 Å². The number of nitrogens with one attached hydrogen (secondary N) is 1. The summed E-state index contributed by atoms with van der Waals surface area (Å²) < 4.78 is 1.96. The van der Waals surface area contributed by atoms with Crippen LogP contribution in [-0.4, -0.2) is 39.1 Å². The Kier molecular flexibility index (Phi) is 5.20. The third-order valence-corrected chi connectivity index (χ3v) is 6.18. The van der Waals surface area contributed by atoms with Gasteiger partial charge in [-0.25, -0.2) is 4.79 Å². The molecule has 0 atom stereocenters. The molecule has 1 saturated carbocycles. The first-order chi connectivity index (χ1) is 12.3. The smallest absolute Gasteiger partial charge is 0.304 e. The molecule has 1 aliphatic heterocycles. The summed E-state index contributed by atoms with van der Waals surface area (Å²) in [6.45, 7) is 3.50. The van der Waals surface area contributed by atoms with Crippen molar-refractivity contribution in [2.24, 2.45) is 5.92 Å². The zero-order valence-corrected chi connectivity index (χ0v) is 15.1. The lowest BCUT2D eigenvalue weighted by Gasteiger charge is -2.35. The Labute approximate surface area is 149 Å². The monoisotopic (exact) mass is 342 g/mol. The van der Waals surface area contributed by atoms with E-state index in [0.29, 0.717) is 6.04 Å². The highest BCUT2D eigenvalue weighted by molar-refractivity contribution is 5.73. The highest BCUT2D eigenvalue weighted by Gasteiger charge is 2.25. The van der Waals surface area contributed by atoms with Crippen LogP contribution < -0.4 is 5.69 Å². The van der Waals surface area contributed by atoms with Gasteiger partial charge < -0.3 is 9.88 Å². The first-order valence-electron chi connectivity index (χ1n) is 10.1. The summed E-state index contributed by atoms with van der Waals surface area (Å²) in [6.07, 6.45) is 15.6. The number of hydrogen-bond acceptors (Lipinski definition) is 3. The predicted octanol–water partition coefficient (Wildman–Crippen LogP) is 3.72. The maximum absolute atomic E-state index is 12.4. The Bertz CT molecular complexity index is 733. The number of likely N-dealkylation sites (tertiary alicyclic amines) is 1. The molecule has 2 aliphatic rings. The first kappa shape index (κ1) is 16.8. The zero-order chi connectivity index (χ0) is 17.1. The number of aromatic amines is 1. The van der Waals surface area contributed by atoms with Gasteiger partial charge in [-0.15, -0.1) is 0 Å². The highest BCUT2D eigenvalue weighted by Crippen LogP contribution is 2.27.